The molecule has 0 radical (unpaired) electrons. The van der Waals surface area contributed by atoms with Gasteiger partial charge < -0.3 is 34.6 Å². The highest BCUT2D eigenvalue weighted by molar-refractivity contribution is 7.48. The summed E-state index contributed by atoms with van der Waals surface area (Å²) in [6.07, 6.45) is -6.66. The molecular formula is C35H42F3N7O13P2. The average Bonchev–Trinajstić information content (AvgIpc) is 3.70. The largest absolute Gasteiger partial charge is 0.475 e. The van der Waals surface area contributed by atoms with Crippen LogP contribution in [0.2, 0.25) is 0 Å². The highest BCUT2D eigenvalue weighted by Crippen LogP contribution is 2.59. The molecule has 2 bridgehead atoms. The number of hydrogen-bond donors (Lipinski definition) is 2. The van der Waals surface area contributed by atoms with Crippen molar-refractivity contribution in [3.63, 3.8) is 0 Å². The van der Waals surface area contributed by atoms with Crippen molar-refractivity contribution in [2.24, 2.45) is 0 Å². The second kappa shape index (κ2) is 22.3. The number of aryl methyl sites for hydroxylation is 1. The number of carbonyl (C=O) groups is 2. The van der Waals surface area contributed by atoms with Crippen LogP contribution in [0.5, 0.6) is 0 Å². The molecule has 60 heavy (non-hydrogen) atoms. The van der Waals surface area contributed by atoms with Crippen molar-refractivity contribution in [2.75, 3.05) is 71.1 Å². The number of alkyl halides is 3. The number of nitrogens with zero attached hydrogens (tertiary/aromatic N) is 5. The molecule has 5 atom stereocenters. The lowest BCUT2D eigenvalue weighted by Gasteiger charge is -2.32. The molecule has 20 nitrogen and oxygen atoms in total. The van der Waals surface area contributed by atoms with Gasteiger partial charge in [-0.3, -0.25) is 41.3 Å². The number of ether oxygens (including phenoxy) is 2. The predicted molar refractivity (Wildman–Crippen MR) is 202 cm³/mol. The van der Waals surface area contributed by atoms with Gasteiger partial charge in [-0.2, -0.15) is 18.2 Å². The molecule has 0 spiro atoms. The van der Waals surface area contributed by atoms with Gasteiger partial charge in [0.15, 0.2) is 6.23 Å². The highest BCUT2D eigenvalue weighted by atomic mass is 31.2. The first-order chi connectivity index (χ1) is 28.6. The molecule has 3 heterocycles. The van der Waals surface area contributed by atoms with Crippen LogP contribution in [-0.2, 0) is 50.5 Å². The molecule has 1 aromatic heterocycles. The first-order valence-electron chi connectivity index (χ1n) is 18.3. The van der Waals surface area contributed by atoms with Crippen LogP contribution in [0.4, 0.5) is 19.0 Å². The predicted octanol–water partition coefficient (Wildman–Crippen LogP) is 5.15. The molecule has 2 aliphatic heterocycles. The number of aromatic nitrogens is 2. The lowest BCUT2D eigenvalue weighted by molar-refractivity contribution is -0.186. The van der Waals surface area contributed by atoms with Crippen LogP contribution >= 0.6 is 15.6 Å². The van der Waals surface area contributed by atoms with E-state index in [1.807, 2.05) is 0 Å². The van der Waals surface area contributed by atoms with E-state index in [4.69, 9.17) is 56.3 Å². The molecule has 326 valence electrons. The normalized spacial score (nSPS) is 20.7. The van der Waals surface area contributed by atoms with E-state index in [1.165, 1.54) is 6.20 Å². The fraction of sp³-hybridized carbons (Fsp3) is 0.571. The van der Waals surface area contributed by atoms with Gasteiger partial charge in [0.2, 0.25) is 19.6 Å². The molecule has 2 N–H and O–H groups in total. The van der Waals surface area contributed by atoms with Crippen LogP contribution in [0.3, 0.4) is 0 Å². The fourth-order valence-electron chi connectivity index (χ4n) is 5.71. The van der Waals surface area contributed by atoms with Crippen molar-refractivity contribution in [3.05, 3.63) is 92.4 Å². The minimum Gasteiger partial charge on any atom is -0.367 e. The summed E-state index contributed by atoms with van der Waals surface area (Å²) in [7, 11) is -9.17. The van der Waals surface area contributed by atoms with Gasteiger partial charge in [0, 0.05) is 23.9 Å². The van der Waals surface area contributed by atoms with Crippen LogP contribution < -0.4 is 16.3 Å². The van der Waals surface area contributed by atoms with Gasteiger partial charge in [-0.1, -0.05) is 31.0 Å². The van der Waals surface area contributed by atoms with Gasteiger partial charge in [-0.05, 0) is 31.9 Å². The third-order valence-corrected chi connectivity index (χ3v) is 11.5. The number of anilines is 1. The molecule has 4 rings (SSSR count). The summed E-state index contributed by atoms with van der Waals surface area (Å²) in [6.45, 7) is 19.3. The van der Waals surface area contributed by atoms with Crippen molar-refractivity contribution >= 4 is 33.3 Å². The first kappa shape index (κ1) is 48.1. The summed E-state index contributed by atoms with van der Waals surface area (Å²) in [4.78, 5) is 50.9. The second-order valence-electron chi connectivity index (χ2n) is 13.0. The lowest BCUT2D eigenvalue weighted by Crippen LogP contribution is -2.46. The number of halogens is 3. The number of hydrogen-bond acceptors (Lipinski definition) is 14. The van der Waals surface area contributed by atoms with Gasteiger partial charge in [0.25, 0.3) is 5.91 Å². The van der Waals surface area contributed by atoms with Crippen molar-refractivity contribution < 1.29 is 68.5 Å². The Balaban J connectivity index is 1.58. The number of carbonyl (C=O) groups excluding carboxylic acids is 2. The molecule has 2 fully saturated rings. The van der Waals surface area contributed by atoms with Crippen LogP contribution in [0.25, 0.3) is 14.5 Å². The fourth-order valence-corrected chi connectivity index (χ4v) is 8.37. The molecule has 1 aromatic carbocycles. The maximum absolute atomic E-state index is 14.2. The van der Waals surface area contributed by atoms with Crippen molar-refractivity contribution in [3.8, 4) is 0 Å². The van der Waals surface area contributed by atoms with E-state index >= 15 is 0 Å². The monoisotopic (exact) mass is 887 g/mol. The Morgan fingerprint density at radius 3 is 2.13 bits per heavy atom. The van der Waals surface area contributed by atoms with Gasteiger partial charge in [0.05, 0.1) is 19.8 Å². The Labute approximate surface area is 342 Å². The zero-order valence-electron chi connectivity index (χ0n) is 32.2. The van der Waals surface area contributed by atoms with E-state index in [9.17, 15) is 36.7 Å². The molecule has 0 saturated carbocycles. The first-order valence-corrected chi connectivity index (χ1v) is 21.2. The lowest BCUT2D eigenvalue weighted by atomic mass is 10.0. The zero-order chi connectivity index (χ0) is 43.8. The highest BCUT2D eigenvalue weighted by Gasteiger charge is 2.66. The average molecular weight is 888 g/mol. The minimum atomic E-state index is -5.00. The van der Waals surface area contributed by atoms with E-state index in [0.717, 1.165) is 4.57 Å². The maximum atomic E-state index is 14.2. The number of fused-ring (bicyclic) bond motifs is 2. The van der Waals surface area contributed by atoms with Crippen molar-refractivity contribution in [2.45, 2.75) is 62.8 Å². The van der Waals surface area contributed by atoms with Gasteiger partial charge >= 0.3 is 33.4 Å². The van der Waals surface area contributed by atoms with E-state index in [-0.39, 0.29) is 71.3 Å². The zero-order valence-corrected chi connectivity index (χ0v) is 34.0. The van der Waals surface area contributed by atoms with Gasteiger partial charge in [-0.25, -0.2) is 33.6 Å². The molecular weight excluding hydrogens is 845 g/mol. The summed E-state index contributed by atoms with van der Waals surface area (Å²) >= 11 is 0. The number of rotatable bonds is 25. The Morgan fingerprint density at radius 1 is 0.917 bits per heavy atom. The van der Waals surface area contributed by atoms with Crippen LogP contribution in [0.15, 0.2) is 41.3 Å². The van der Waals surface area contributed by atoms with E-state index in [1.54, 1.807) is 42.6 Å². The molecule has 2 amide bonds. The number of unbranched alkanes of at least 4 members (excludes halogenated alkanes) is 3. The maximum Gasteiger partial charge on any atom is 0.475 e. The summed E-state index contributed by atoms with van der Waals surface area (Å²) in [5, 5.41) is 4.36. The smallest absolute Gasteiger partial charge is 0.367 e. The van der Waals surface area contributed by atoms with Crippen molar-refractivity contribution in [1.29, 1.82) is 0 Å². The number of phosphoric acid groups is 2. The summed E-state index contributed by atoms with van der Waals surface area (Å²) in [5.41, 5.74) is -2.14. The third kappa shape index (κ3) is 13.5. The number of amides is 2. The van der Waals surface area contributed by atoms with E-state index in [0.29, 0.717) is 24.0 Å². The van der Waals surface area contributed by atoms with Gasteiger partial charge in [0.1, 0.15) is 43.4 Å². The van der Waals surface area contributed by atoms with Gasteiger partial charge in [-0.15, -0.1) is 0 Å². The SMILES string of the molecule is [C-]#[N+]CCOP(=O)(OCC[N+]#[C-])OC[C@@]12COC([C@H](n3cc(C)c(NC(=O)c4ccccc4)nc3=O)O1)[C@H]2OP(=O)(OCCCCCCNC(=O)C(F)(F)F)OCC[N+]#[C-]. The molecule has 2 aliphatic rings. The molecule has 0 aliphatic carbocycles. The van der Waals surface area contributed by atoms with Crippen LogP contribution in [0.1, 0.15) is 47.8 Å². The minimum absolute atomic E-state index is 0.0498. The van der Waals surface area contributed by atoms with Crippen molar-refractivity contribution in [1.82, 2.24) is 14.9 Å². The molecule has 2 saturated heterocycles. The molecule has 25 heteroatoms. The number of phosphoric ester groups is 2. The number of benzene rings is 1. The summed E-state index contributed by atoms with van der Waals surface area (Å²) in [5.74, 6) is -2.63. The standard InChI is InChI=1S/C35H42F3N7O13P2/c1-25-22-45(33(48)44-29(25)43-30(46)26-12-8-7-9-13-26)31-27-28(34(57-31,23-51-27)24-56-59(49,53-19-15-39-2)54-20-16-40-3)58-60(50,55-21-17-41-4)52-18-11-6-5-10-14-42-32(47)35(36,37)38/h7-9,12-13,22,27-28,31H,5-6,10-11,14-21,23-24H2,1H3,(H,42,47)(H,43,44,46,48)/t27?,28-,31-,34-,60?/m1/s1. The summed E-state index contributed by atoms with van der Waals surface area (Å²) < 4.78 is 112. The molecule has 2 aromatic rings. The Kier molecular flexibility index (Phi) is 17.9. The number of nitrogens with one attached hydrogen (secondary N) is 2. The molecule has 2 unspecified atom stereocenters. The Hall–Kier alpha value is -4.56. The van der Waals surface area contributed by atoms with Crippen LogP contribution in [0, 0.1) is 26.6 Å². The van der Waals surface area contributed by atoms with E-state index in [2.05, 4.69) is 24.8 Å². The third-order valence-electron chi connectivity index (χ3n) is 8.58. The van der Waals surface area contributed by atoms with E-state index < -0.39 is 76.6 Å². The summed E-state index contributed by atoms with van der Waals surface area (Å²) in [6, 6.07) is 8.19. The quantitative estimate of drug-likeness (QED) is 0.0750. The second-order valence-corrected chi connectivity index (χ2v) is 16.3. The van der Waals surface area contributed by atoms with Crippen LogP contribution in [-0.4, -0.2) is 111 Å². The topological polar surface area (TPSA) is 214 Å². The Morgan fingerprint density at radius 2 is 1.52 bits per heavy atom. The Bertz CT molecular complexity index is 2050.